The number of carbonyl (C=O) groups is 2. The SMILES string of the molecule is COc1ccc(N2CC(C(=O)Nc3ccc(C(F)(F)F)cc3)CC2=O)cc1OC. The number of carbonyl (C=O) groups excluding carboxylic acids is 2. The van der Waals surface area contributed by atoms with Crippen LogP contribution in [0.25, 0.3) is 0 Å². The first-order chi connectivity index (χ1) is 13.7. The molecule has 0 aromatic heterocycles. The summed E-state index contributed by atoms with van der Waals surface area (Å²) in [7, 11) is 2.98. The van der Waals surface area contributed by atoms with E-state index in [1.54, 1.807) is 18.2 Å². The molecule has 0 spiro atoms. The zero-order chi connectivity index (χ0) is 21.2. The fraction of sp³-hybridized carbons (Fsp3) is 0.300. The highest BCUT2D eigenvalue weighted by Gasteiger charge is 2.36. The Balaban J connectivity index is 1.69. The van der Waals surface area contributed by atoms with Gasteiger partial charge in [-0.05, 0) is 36.4 Å². The summed E-state index contributed by atoms with van der Waals surface area (Å²) < 4.78 is 48.3. The Morgan fingerprint density at radius 1 is 1.07 bits per heavy atom. The molecule has 1 aliphatic heterocycles. The number of nitrogens with one attached hydrogen (secondary N) is 1. The number of ether oxygens (including phenoxy) is 2. The minimum Gasteiger partial charge on any atom is -0.493 e. The van der Waals surface area contributed by atoms with Crippen LogP contribution >= 0.6 is 0 Å². The van der Waals surface area contributed by atoms with E-state index in [2.05, 4.69) is 5.32 Å². The molecule has 1 aliphatic rings. The fourth-order valence-corrected chi connectivity index (χ4v) is 3.11. The van der Waals surface area contributed by atoms with Gasteiger partial charge in [-0.1, -0.05) is 0 Å². The lowest BCUT2D eigenvalue weighted by molar-refractivity contribution is -0.137. The van der Waals surface area contributed by atoms with Crippen molar-refractivity contribution in [3.8, 4) is 11.5 Å². The molecule has 1 heterocycles. The maximum atomic E-state index is 12.6. The molecule has 1 saturated heterocycles. The minimum atomic E-state index is -4.44. The van der Waals surface area contributed by atoms with Gasteiger partial charge in [0, 0.05) is 30.4 Å². The second-order valence-corrected chi connectivity index (χ2v) is 6.51. The van der Waals surface area contributed by atoms with Crippen LogP contribution in [0.3, 0.4) is 0 Å². The molecular formula is C20H19F3N2O4. The average molecular weight is 408 g/mol. The van der Waals surface area contributed by atoms with Crippen molar-refractivity contribution in [3.63, 3.8) is 0 Å². The number of hydrogen-bond acceptors (Lipinski definition) is 4. The summed E-state index contributed by atoms with van der Waals surface area (Å²) >= 11 is 0. The van der Waals surface area contributed by atoms with Crippen molar-refractivity contribution in [2.45, 2.75) is 12.6 Å². The smallest absolute Gasteiger partial charge is 0.416 e. The van der Waals surface area contributed by atoms with Crippen LogP contribution in [-0.2, 0) is 15.8 Å². The molecule has 2 aromatic carbocycles. The molecule has 3 rings (SSSR count). The molecule has 1 atom stereocenters. The number of methoxy groups -OCH3 is 2. The molecule has 9 heteroatoms. The highest BCUT2D eigenvalue weighted by Crippen LogP contribution is 2.34. The molecule has 2 aromatic rings. The van der Waals surface area contributed by atoms with E-state index in [0.29, 0.717) is 17.2 Å². The normalized spacial score (nSPS) is 16.7. The van der Waals surface area contributed by atoms with Crippen molar-refractivity contribution in [1.29, 1.82) is 0 Å². The van der Waals surface area contributed by atoms with Gasteiger partial charge in [0.15, 0.2) is 11.5 Å². The Kier molecular flexibility index (Phi) is 5.67. The van der Waals surface area contributed by atoms with E-state index >= 15 is 0 Å². The molecule has 1 unspecified atom stereocenters. The summed E-state index contributed by atoms with van der Waals surface area (Å²) in [5.74, 6) is -0.321. The molecule has 0 radical (unpaired) electrons. The number of nitrogens with zero attached hydrogens (tertiary/aromatic N) is 1. The predicted molar refractivity (Wildman–Crippen MR) is 100 cm³/mol. The van der Waals surface area contributed by atoms with Crippen LogP contribution in [-0.4, -0.2) is 32.6 Å². The summed E-state index contributed by atoms with van der Waals surface area (Å²) in [5, 5.41) is 2.57. The van der Waals surface area contributed by atoms with Crippen LogP contribution in [0.2, 0.25) is 0 Å². The van der Waals surface area contributed by atoms with Crippen molar-refractivity contribution in [3.05, 3.63) is 48.0 Å². The Morgan fingerprint density at radius 2 is 1.72 bits per heavy atom. The summed E-state index contributed by atoms with van der Waals surface area (Å²) in [5.41, 5.74) is 0.00340. The van der Waals surface area contributed by atoms with E-state index < -0.39 is 23.6 Å². The van der Waals surface area contributed by atoms with Gasteiger partial charge in [0.05, 0.1) is 25.7 Å². The third kappa shape index (κ3) is 4.44. The third-order valence-electron chi connectivity index (χ3n) is 4.65. The fourth-order valence-electron chi connectivity index (χ4n) is 3.11. The van der Waals surface area contributed by atoms with Gasteiger partial charge in [0.1, 0.15) is 0 Å². The summed E-state index contributed by atoms with van der Waals surface area (Å²) in [6.07, 6.45) is -4.44. The summed E-state index contributed by atoms with van der Waals surface area (Å²) in [6.45, 7) is 0.154. The van der Waals surface area contributed by atoms with Crippen LogP contribution in [0.15, 0.2) is 42.5 Å². The molecule has 1 N–H and O–H groups in total. The van der Waals surface area contributed by atoms with E-state index in [1.165, 1.54) is 31.3 Å². The number of halogens is 3. The van der Waals surface area contributed by atoms with E-state index in [-0.39, 0.29) is 24.6 Å². The second-order valence-electron chi connectivity index (χ2n) is 6.51. The van der Waals surface area contributed by atoms with E-state index in [4.69, 9.17) is 9.47 Å². The number of hydrogen-bond donors (Lipinski definition) is 1. The number of rotatable bonds is 5. The van der Waals surface area contributed by atoms with Gasteiger partial charge in [0.2, 0.25) is 11.8 Å². The van der Waals surface area contributed by atoms with Crippen LogP contribution in [0.1, 0.15) is 12.0 Å². The van der Waals surface area contributed by atoms with Crippen LogP contribution in [0, 0.1) is 5.92 Å². The molecule has 29 heavy (non-hydrogen) atoms. The maximum Gasteiger partial charge on any atom is 0.416 e. The Bertz CT molecular complexity index is 913. The van der Waals surface area contributed by atoms with E-state index in [9.17, 15) is 22.8 Å². The zero-order valence-corrected chi connectivity index (χ0v) is 15.7. The second kappa shape index (κ2) is 8.02. The molecule has 0 saturated carbocycles. The first-order valence-electron chi connectivity index (χ1n) is 8.73. The van der Waals surface area contributed by atoms with Gasteiger partial charge in [-0.2, -0.15) is 13.2 Å². The minimum absolute atomic E-state index is 0.000806. The highest BCUT2D eigenvalue weighted by molar-refractivity contribution is 6.03. The Hall–Kier alpha value is -3.23. The molecule has 154 valence electrons. The van der Waals surface area contributed by atoms with Crippen molar-refractivity contribution in [2.24, 2.45) is 5.92 Å². The number of anilines is 2. The third-order valence-corrected chi connectivity index (χ3v) is 4.65. The van der Waals surface area contributed by atoms with Crippen molar-refractivity contribution >= 4 is 23.2 Å². The molecule has 0 aliphatic carbocycles. The summed E-state index contributed by atoms with van der Waals surface area (Å²) in [4.78, 5) is 26.4. The lowest BCUT2D eigenvalue weighted by Crippen LogP contribution is -2.28. The lowest BCUT2D eigenvalue weighted by Gasteiger charge is -2.18. The predicted octanol–water partition coefficient (Wildman–Crippen LogP) is 3.71. The zero-order valence-electron chi connectivity index (χ0n) is 15.7. The largest absolute Gasteiger partial charge is 0.493 e. The van der Waals surface area contributed by atoms with Crippen LogP contribution in [0.5, 0.6) is 11.5 Å². The van der Waals surface area contributed by atoms with Gasteiger partial charge in [-0.15, -0.1) is 0 Å². The average Bonchev–Trinajstić information content (AvgIpc) is 3.09. The van der Waals surface area contributed by atoms with Crippen molar-refractivity contribution in [1.82, 2.24) is 0 Å². The lowest BCUT2D eigenvalue weighted by atomic mass is 10.1. The first kappa shape index (κ1) is 20.5. The standard InChI is InChI=1S/C20H19F3N2O4/c1-28-16-8-7-15(10-17(16)29-2)25-11-12(9-18(25)26)19(27)24-14-5-3-13(4-6-14)20(21,22)23/h3-8,10,12H,9,11H2,1-2H3,(H,24,27). The van der Waals surface area contributed by atoms with E-state index in [0.717, 1.165) is 12.1 Å². The Morgan fingerprint density at radius 3 is 2.31 bits per heavy atom. The number of amides is 2. The van der Waals surface area contributed by atoms with Gasteiger partial charge in [-0.25, -0.2) is 0 Å². The van der Waals surface area contributed by atoms with Gasteiger partial charge in [0.25, 0.3) is 0 Å². The molecule has 1 fully saturated rings. The monoisotopic (exact) mass is 408 g/mol. The molecular weight excluding hydrogens is 389 g/mol. The van der Waals surface area contributed by atoms with Crippen molar-refractivity contribution in [2.75, 3.05) is 31.0 Å². The molecule has 0 bridgehead atoms. The van der Waals surface area contributed by atoms with Crippen LogP contribution in [0.4, 0.5) is 24.5 Å². The molecule has 2 amide bonds. The topological polar surface area (TPSA) is 67.9 Å². The van der Waals surface area contributed by atoms with Gasteiger partial charge in [-0.3, -0.25) is 9.59 Å². The number of benzene rings is 2. The molecule has 6 nitrogen and oxygen atoms in total. The Labute approximate surface area is 165 Å². The van der Waals surface area contributed by atoms with E-state index in [1.807, 2.05) is 0 Å². The van der Waals surface area contributed by atoms with Crippen molar-refractivity contribution < 1.29 is 32.2 Å². The van der Waals surface area contributed by atoms with Gasteiger partial charge >= 0.3 is 6.18 Å². The summed E-state index contributed by atoms with van der Waals surface area (Å²) in [6, 6.07) is 9.16. The number of alkyl halides is 3. The quantitative estimate of drug-likeness (QED) is 0.819. The van der Waals surface area contributed by atoms with Crippen LogP contribution < -0.4 is 19.7 Å². The maximum absolute atomic E-state index is 12.6. The first-order valence-corrected chi connectivity index (χ1v) is 8.73. The van der Waals surface area contributed by atoms with Gasteiger partial charge < -0.3 is 19.7 Å². The highest BCUT2D eigenvalue weighted by atomic mass is 19.4.